The normalized spacial score (nSPS) is 19.8. The van der Waals surface area contributed by atoms with Gasteiger partial charge in [-0.2, -0.15) is 0 Å². The molecule has 134 valence electrons. The molecule has 5 nitrogen and oxygen atoms in total. The van der Waals surface area contributed by atoms with E-state index in [1.54, 1.807) is 6.20 Å². The van der Waals surface area contributed by atoms with Gasteiger partial charge in [0.2, 0.25) is 0 Å². The van der Waals surface area contributed by atoms with Crippen LogP contribution in [-0.4, -0.2) is 40.8 Å². The highest BCUT2D eigenvalue weighted by Gasteiger charge is 2.30. The summed E-state index contributed by atoms with van der Waals surface area (Å²) in [5.74, 6) is 0. The van der Waals surface area contributed by atoms with Crippen molar-refractivity contribution in [3.05, 3.63) is 30.1 Å². The summed E-state index contributed by atoms with van der Waals surface area (Å²) >= 11 is 0. The van der Waals surface area contributed by atoms with Gasteiger partial charge in [-0.3, -0.25) is 4.98 Å². The van der Waals surface area contributed by atoms with Crippen molar-refractivity contribution in [1.82, 2.24) is 9.88 Å². The van der Waals surface area contributed by atoms with Crippen molar-refractivity contribution in [2.75, 3.05) is 13.2 Å². The van der Waals surface area contributed by atoms with E-state index in [1.807, 2.05) is 50.8 Å². The molecule has 1 aliphatic heterocycles. The Morgan fingerprint density at radius 2 is 2.17 bits per heavy atom. The number of nitrogens with zero attached hydrogens (tertiary/aromatic N) is 2. The molecule has 1 aliphatic rings. The molecule has 5 heteroatoms. The van der Waals surface area contributed by atoms with Crippen LogP contribution < -0.4 is 0 Å². The summed E-state index contributed by atoms with van der Waals surface area (Å²) in [6.45, 7) is 9.11. The largest absolute Gasteiger partial charge is 0.444 e. The van der Waals surface area contributed by atoms with Crippen LogP contribution in [0.1, 0.15) is 65.2 Å². The molecule has 1 aromatic rings. The number of carbonyl (C=O) groups excluding carboxylic acids is 1. The van der Waals surface area contributed by atoms with Crippen molar-refractivity contribution in [1.29, 1.82) is 0 Å². The number of aromatic nitrogens is 1. The van der Waals surface area contributed by atoms with Gasteiger partial charge in [0, 0.05) is 25.4 Å². The molecular weight excluding hydrogens is 304 g/mol. The van der Waals surface area contributed by atoms with Gasteiger partial charge in [0.1, 0.15) is 5.60 Å². The first-order valence-corrected chi connectivity index (χ1v) is 8.89. The molecule has 2 heterocycles. The molecule has 1 amide bonds. The van der Waals surface area contributed by atoms with Crippen molar-refractivity contribution in [2.45, 2.75) is 71.1 Å². The fourth-order valence-electron chi connectivity index (χ4n) is 2.94. The van der Waals surface area contributed by atoms with Crippen molar-refractivity contribution in [3.63, 3.8) is 0 Å². The maximum Gasteiger partial charge on any atom is 0.410 e. The monoisotopic (exact) mass is 334 g/mol. The van der Waals surface area contributed by atoms with Gasteiger partial charge in [-0.25, -0.2) is 4.79 Å². The van der Waals surface area contributed by atoms with Crippen LogP contribution in [0.3, 0.4) is 0 Å². The molecule has 0 saturated carbocycles. The highest BCUT2D eigenvalue weighted by atomic mass is 16.6. The van der Waals surface area contributed by atoms with E-state index in [9.17, 15) is 4.79 Å². The lowest BCUT2D eigenvalue weighted by molar-refractivity contribution is -0.000603. The maximum absolute atomic E-state index is 12.4. The van der Waals surface area contributed by atoms with Crippen LogP contribution in [0.2, 0.25) is 0 Å². The number of piperidine rings is 1. The third-order valence-corrected chi connectivity index (χ3v) is 4.18. The van der Waals surface area contributed by atoms with E-state index in [0.717, 1.165) is 37.9 Å². The Labute approximate surface area is 145 Å². The number of likely N-dealkylation sites (tertiary alicyclic amines) is 1. The van der Waals surface area contributed by atoms with Gasteiger partial charge in [0.05, 0.1) is 11.8 Å². The summed E-state index contributed by atoms with van der Waals surface area (Å²) in [4.78, 5) is 18.6. The van der Waals surface area contributed by atoms with E-state index in [4.69, 9.17) is 9.47 Å². The number of ether oxygens (including phenoxy) is 2. The zero-order valence-corrected chi connectivity index (χ0v) is 15.3. The van der Waals surface area contributed by atoms with E-state index >= 15 is 0 Å². The summed E-state index contributed by atoms with van der Waals surface area (Å²) < 4.78 is 11.5. The molecule has 0 aromatic carbocycles. The number of hydrogen-bond acceptors (Lipinski definition) is 4. The molecule has 0 radical (unpaired) electrons. The highest BCUT2D eigenvalue weighted by molar-refractivity contribution is 5.68. The van der Waals surface area contributed by atoms with E-state index < -0.39 is 5.60 Å². The quantitative estimate of drug-likeness (QED) is 0.804. The van der Waals surface area contributed by atoms with Crippen LogP contribution >= 0.6 is 0 Å². The Morgan fingerprint density at radius 3 is 2.83 bits per heavy atom. The van der Waals surface area contributed by atoms with Gasteiger partial charge >= 0.3 is 6.09 Å². The Hall–Kier alpha value is -1.62. The molecule has 2 atom stereocenters. The molecule has 1 saturated heterocycles. The third-order valence-electron chi connectivity index (χ3n) is 4.18. The van der Waals surface area contributed by atoms with Crippen LogP contribution in [0.25, 0.3) is 0 Å². The smallest absolute Gasteiger partial charge is 0.410 e. The minimum absolute atomic E-state index is 0.0373. The van der Waals surface area contributed by atoms with Gasteiger partial charge in [-0.1, -0.05) is 6.07 Å². The van der Waals surface area contributed by atoms with Crippen LogP contribution in [0.4, 0.5) is 4.79 Å². The molecule has 2 rings (SSSR count). The minimum Gasteiger partial charge on any atom is -0.444 e. The Morgan fingerprint density at radius 1 is 1.38 bits per heavy atom. The third kappa shape index (κ3) is 5.78. The summed E-state index contributed by atoms with van der Waals surface area (Å²) in [6.07, 6.45) is 5.58. The average Bonchev–Trinajstić information content (AvgIpc) is 2.54. The summed E-state index contributed by atoms with van der Waals surface area (Å²) in [7, 11) is 0. The Bertz CT molecular complexity index is 513. The standard InChI is InChI=1S/C19H30N2O3/c1-15(17-10-5-7-12-20-17)23-14-11-16-9-6-8-13-21(16)18(22)24-19(2,3)4/h5,7,10,12,15-16H,6,8-9,11,13-14H2,1-4H3/t15-,16+/m1/s1. The second kappa shape index (κ2) is 8.47. The predicted octanol–water partition coefficient (Wildman–Crippen LogP) is 4.34. The lowest BCUT2D eigenvalue weighted by atomic mass is 10.0. The fraction of sp³-hybridized carbons (Fsp3) is 0.684. The first-order valence-electron chi connectivity index (χ1n) is 8.89. The molecule has 0 unspecified atom stereocenters. The first-order chi connectivity index (χ1) is 11.4. The zero-order chi connectivity index (χ0) is 17.6. The maximum atomic E-state index is 12.4. The topological polar surface area (TPSA) is 51.7 Å². The van der Waals surface area contributed by atoms with E-state index in [2.05, 4.69) is 4.98 Å². The molecule has 1 aromatic heterocycles. The molecule has 24 heavy (non-hydrogen) atoms. The average molecular weight is 334 g/mol. The second-order valence-corrected chi connectivity index (χ2v) is 7.38. The number of hydrogen-bond donors (Lipinski definition) is 0. The highest BCUT2D eigenvalue weighted by Crippen LogP contribution is 2.23. The van der Waals surface area contributed by atoms with Crippen molar-refractivity contribution < 1.29 is 14.3 Å². The molecule has 0 bridgehead atoms. The Balaban J connectivity index is 1.84. The van der Waals surface area contributed by atoms with E-state index in [1.165, 1.54) is 0 Å². The SMILES string of the molecule is C[C@@H](OCC[C@@H]1CCCCN1C(=O)OC(C)(C)C)c1ccccn1. The van der Waals surface area contributed by atoms with E-state index in [0.29, 0.717) is 6.61 Å². The first kappa shape index (κ1) is 18.7. The molecular formula is C19H30N2O3. The van der Waals surface area contributed by atoms with Gasteiger partial charge in [0.25, 0.3) is 0 Å². The fourth-order valence-corrected chi connectivity index (χ4v) is 2.94. The van der Waals surface area contributed by atoms with Gasteiger partial charge < -0.3 is 14.4 Å². The summed E-state index contributed by atoms with van der Waals surface area (Å²) in [5, 5.41) is 0. The number of carbonyl (C=O) groups is 1. The lowest BCUT2D eigenvalue weighted by Gasteiger charge is -2.37. The van der Waals surface area contributed by atoms with Gasteiger partial charge in [-0.05, 0) is 65.5 Å². The van der Waals surface area contributed by atoms with Crippen LogP contribution in [-0.2, 0) is 9.47 Å². The molecule has 0 N–H and O–H groups in total. The van der Waals surface area contributed by atoms with Crippen molar-refractivity contribution in [3.8, 4) is 0 Å². The summed E-state index contributed by atoms with van der Waals surface area (Å²) in [6, 6.07) is 6.03. The van der Waals surface area contributed by atoms with Crippen LogP contribution in [0.15, 0.2) is 24.4 Å². The van der Waals surface area contributed by atoms with E-state index in [-0.39, 0.29) is 18.2 Å². The molecule has 0 aliphatic carbocycles. The van der Waals surface area contributed by atoms with Crippen LogP contribution in [0.5, 0.6) is 0 Å². The van der Waals surface area contributed by atoms with Crippen molar-refractivity contribution in [2.24, 2.45) is 0 Å². The Kier molecular flexibility index (Phi) is 6.60. The zero-order valence-electron chi connectivity index (χ0n) is 15.3. The lowest BCUT2D eigenvalue weighted by Crippen LogP contribution is -2.46. The van der Waals surface area contributed by atoms with Crippen molar-refractivity contribution >= 4 is 6.09 Å². The van der Waals surface area contributed by atoms with Crippen LogP contribution in [0, 0.1) is 0 Å². The number of pyridine rings is 1. The second-order valence-electron chi connectivity index (χ2n) is 7.38. The number of amides is 1. The predicted molar refractivity (Wildman–Crippen MR) is 93.8 cm³/mol. The minimum atomic E-state index is -0.455. The van der Waals surface area contributed by atoms with Gasteiger partial charge in [0.15, 0.2) is 0 Å². The number of rotatable bonds is 5. The van der Waals surface area contributed by atoms with Gasteiger partial charge in [-0.15, -0.1) is 0 Å². The molecule has 1 fully saturated rings. The molecule has 0 spiro atoms. The summed E-state index contributed by atoms with van der Waals surface area (Å²) in [5.41, 5.74) is 0.480.